The fourth-order valence-corrected chi connectivity index (χ4v) is 4.34. The Morgan fingerprint density at radius 3 is 2.44 bits per heavy atom. The monoisotopic (exact) mass is 391 g/mol. The fourth-order valence-electron chi connectivity index (χ4n) is 2.95. The van der Waals surface area contributed by atoms with Gasteiger partial charge < -0.3 is 15.5 Å². The van der Waals surface area contributed by atoms with Crippen LogP contribution in [-0.2, 0) is 14.6 Å². The number of halogens is 1. The van der Waals surface area contributed by atoms with Crippen molar-refractivity contribution in [3.63, 3.8) is 0 Å². The van der Waals surface area contributed by atoms with Gasteiger partial charge in [-0.25, -0.2) is 12.8 Å². The first-order valence-electron chi connectivity index (χ1n) is 8.82. The number of carbonyl (C=O) groups is 1. The van der Waals surface area contributed by atoms with E-state index in [9.17, 15) is 17.6 Å². The van der Waals surface area contributed by atoms with Gasteiger partial charge in [0.25, 0.3) is 0 Å². The van der Waals surface area contributed by atoms with Gasteiger partial charge in [-0.3, -0.25) is 4.79 Å². The standard InChI is InChI=1S/C19H22FN3O3S/c1-2-19(24)22-17-13-15(23-11-9-21-10-12-23)5-8-18(17)27(25,26)16-6-3-14(20)4-7-16/h3-8,13,21H,2,9-12H2,1H3,(H,22,24). The Morgan fingerprint density at radius 1 is 1.15 bits per heavy atom. The number of amides is 1. The largest absolute Gasteiger partial charge is 0.369 e. The summed E-state index contributed by atoms with van der Waals surface area (Å²) in [5.41, 5.74) is 1.09. The Labute approximate surface area is 158 Å². The number of nitrogens with zero attached hydrogens (tertiary/aromatic N) is 1. The van der Waals surface area contributed by atoms with Crippen molar-refractivity contribution >= 4 is 27.1 Å². The quantitative estimate of drug-likeness (QED) is 0.766. The van der Waals surface area contributed by atoms with E-state index in [0.717, 1.165) is 44.0 Å². The molecule has 0 bridgehead atoms. The topological polar surface area (TPSA) is 78.5 Å². The van der Waals surface area contributed by atoms with E-state index in [0.29, 0.717) is 0 Å². The molecule has 27 heavy (non-hydrogen) atoms. The molecule has 144 valence electrons. The van der Waals surface area contributed by atoms with Crippen LogP contribution in [0.3, 0.4) is 0 Å². The Morgan fingerprint density at radius 2 is 1.81 bits per heavy atom. The van der Waals surface area contributed by atoms with E-state index in [1.54, 1.807) is 19.1 Å². The second-order valence-electron chi connectivity index (χ2n) is 6.28. The molecule has 2 N–H and O–H groups in total. The van der Waals surface area contributed by atoms with Crippen LogP contribution in [-0.4, -0.2) is 40.5 Å². The number of hydrogen-bond acceptors (Lipinski definition) is 5. The summed E-state index contributed by atoms with van der Waals surface area (Å²) in [4.78, 5) is 14.1. The van der Waals surface area contributed by atoms with Crippen molar-refractivity contribution in [2.45, 2.75) is 23.1 Å². The first-order valence-corrected chi connectivity index (χ1v) is 10.3. The van der Waals surface area contributed by atoms with Gasteiger partial charge in [-0.15, -0.1) is 0 Å². The van der Waals surface area contributed by atoms with Crippen LogP contribution in [0.25, 0.3) is 0 Å². The van der Waals surface area contributed by atoms with Gasteiger partial charge in [-0.2, -0.15) is 0 Å². The summed E-state index contributed by atoms with van der Waals surface area (Å²) in [6, 6.07) is 9.58. The third-order valence-electron chi connectivity index (χ3n) is 4.45. The van der Waals surface area contributed by atoms with Gasteiger partial charge in [0.15, 0.2) is 0 Å². The van der Waals surface area contributed by atoms with Crippen molar-refractivity contribution < 1.29 is 17.6 Å². The van der Waals surface area contributed by atoms with Crippen molar-refractivity contribution in [3.05, 3.63) is 48.3 Å². The van der Waals surface area contributed by atoms with Gasteiger partial charge >= 0.3 is 0 Å². The molecular weight excluding hydrogens is 369 g/mol. The van der Waals surface area contributed by atoms with Crippen molar-refractivity contribution in [1.82, 2.24) is 5.32 Å². The molecule has 1 amide bonds. The van der Waals surface area contributed by atoms with Gasteiger partial charge in [-0.1, -0.05) is 6.92 Å². The second kappa shape index (κ2) is 8.06. The minimum Gasteiger partial charge on any atom is -0.369 e. The number of piperazine rings is 1. The molecule has 0 aliphatic carbocycles. The minimum absolute atomic E-state index is 0.00482. The smallest absolute Gasteiger partial charge is 0.224 e. The van der Waals surface area contributed by atoms with E-state index in [-0.39, 0.29) is 27.8 Å². The number of nitrogens with one attached hydrogen (secondary N) is 2. The van der Waals surface area contributed by atoms with Crippen LogP contribution >= 0.6 is 0 Å². The van der Waals surface area contributed by atoms with E-state index in [4.69, 9.17) is 0 Å². The number of sulfone groups is 1. The maximum absolute atomic E-state index is 13.2. The maximum Gasteiger partial charge on any atom is 0.224 e. The summed E-state index contributed by atoms with van der Waals surface area (Å²) in [5, 5.41) is 5.96. The zero-order valence-electron chi connectivity index (χ0n) is 15.0. The summed E-state index contributed by atoms with van der Waals surface area (Å²) in [6.45, 7) is 4.97. The van der Waals surface area contributed by atoms with Gasteiger partial charge in [-0.05, 0) is 42.5 Å². The van der Waals surface area contributed by atoms with Crippen molar-refractivity contribution in [3.8, 4) is 0 Å². The fraction of sp³-hybridized carbons (Fsp3) is 0.316. The van der Waals surface area contributed by atoms with Crippen LogP contribution < -0.4 is 15.5 Å². The number of benzene rings is 2. The minimum atomic E-state index is -3.90. The van der Waals surface area contributed by atoms with E-state index >= 15 is 0 Å². The summed E-state index contributed by atoms with van der Waals surface area (Å²) in [5.74, 6) is -0.787. The highest BCUT2D eigenvalue weighted by Gasteiger charge is 2.24. The normalized spacial score (nSPS) is 14.8. The van der Waals surface area contributed by atoms with E-state index in [2.05, 4.69) is 15.5 Å². The molecule has 0 spiro atoms. The average Bonchev–Trinajstić information content (AvgIpc) is 2.68. The SMILES string of the molecule is CCC(=O)Nc1cc(N2CCNCC2)ccc1S(=O)(=O)c1ccc(F)cc1. The number of anilines is 2. The van der Waals surface area contributed by atoms with Gasteiger partial charge in [0.2, 0.25) is 15.7 Å². The van der Waals surface area contributed by atoms with E-state index in [1.807, 2.05) is 0 Å². The van der Waals surface area contributed by atoms with Crippen LogP contribution in [0.5, 0.6) is 0 Å². The molecule has 2 aromatic rings. The first-order chi connectivity index (χ1) is 12.9. The Bertz CT molecular complexity index is 924. The summed E-state index contributed by atoms with van der Waals surface area (Å²) in [6.07, 6.45) is 0.230. The molecule has 0 aromatic heterocycles. The lowest BCUT2D eigenvalue weighted by molar-refractivity contribution is -0.115. The van der Waals surface area contributed by atoms with Crippen LogP contribution in [0, 0.1) is 5.82 Å². The zero-order chi connectivity index (χ0) is 19.4. The molecule has 6 nitrogen and oxygen atoms in total. The van der Waals surface area contributed by atoms with Crippen LogP contribution in [0.4, 0.5) is 15.8 Å². The highest BCUT2D eigenvalue weighted by molar-refractivity contribution is 7.91. The highest BCUT2D eigenvalue weighted by Crippen LogP contribution is 2.32. The van der Waals surface area contributed by atoms with E-state index in [1.165, 1.54) is 18.2 Å². The summed E-state index contributed by atoms with van der Waals surface area (Å²) >= 11 is 0. The van der Waals surface area contributed by atoms with Gasteiger partial charge in [0, 0.05) is 38.3 Å². The molecule has 0 saturated carbocycles. The molecule has 1 fully saturated rings. The van der Waals surface area contributed by atoms with Crippen LogP contribution in [0.15, 0.2) is 52.3 Å². The maximum atomic E-state index is 13.2. The molecule has 3 rings (SSSR count). The molecule has 0 atom stereocenters. The first kappa shape index (κ1) is 19.3. The average molecular weight is 391 g/mol. The Kier molecular flexibility index (Phi) is 5.76. The van der Waals surface area contributed by atoms with E-state index < -0.39 is 15.7 Å². The molecule has 8 heteroatoms. The van der Waals surface area contributed by atoms with Crippen LogP contribution in [0.2, 0.25) is 0 Å². The molecule has 1 aliphatic heterocycles. The predicted octanol–water partition coefficient (Wildman–Crippen LogP) is 2.42. The molecule has 1 heterocycles. The lowest BCUT2D eigenvalue weighted by atomic mass is 10.2. The summed E-state index contributed by atoms with van der Waals surface area (Å²) < 4.78 is 39.2. The van der Waals surface area contributed by atoms with Crippen molar-refractivity contribution in [1.29, 1.82) is 0 Å². The third-order valence-corrected chi connectivity index (χ3v) is 6.28. The zero-order valence-corrected chi connectivity index (χ0v) is 15.9. The molecule has 1 aliphatic rings. The second-order valence-corrected chi connectivity index (χ2v) is 8.19. The lowest BCUT2D eigenvalue weighted by Crippen LogP contribution is -2.43. The third kappa shape index (κ3) is 4.28. The Hall–Kier alpha value is -2.45. The van der Waals surface area contributed by atoms with Crippen molar-refractivity contribution in [2.75, 3.05) is 36.4 Å². The van der Waals surface area contributed by atoms with Gasteiger partial charge in [0.05, 0.1) is 15.5 Å². The lowest BCUT2D eigenvalue weighted by Gasteiger charge is -2.30. The molecule has 1 saturated heterocycles. The molecule has 2 aromatic carbocycles. The van der Waals surface area contributed by atoms with Crippen molar-refractivity contribution in [2.24, 2.45) is 0 Å². The highest BCUT2D eigenvalue weighted by atomic mass is 32.2. The molecular formula is C19H22FN3O3S. The van der Waals surface area contributed by atoms with Gasteiger partial charge in [0.1, 0.15) is 5.82 Å². The molecule has 0 radical (unpaired) electrons. The predicted molar refractivity (Wildman–Crippen MR) is 102 cm³/mol. The molecule has 0 unspecified atom stereocenters. The van der Waals surface area contributed by atoms with Crippen LogP contribution in [0.1, 0.15) is 13.3 Å². The Balaban J connectivity index is 2.04. The number of rotatable bonds is 5. The number of hydrogen-bond donors (Lipinski definition) is 2. The summed E-state index contributed by atoms with van der Waals surface area (Å²) in [7, 11) is -3.90. The number of carbonyl (C=O) groups excluding carboxylic acids is 1.